The highest BCUT2D eigenvalue weighted by Gasteiger charge is 2.10. The minimum Gasteiger partial charge on any atom is -0.466 e. The molecule has 0 heterocycles. The van der Waals surface area contributed by atoms with Crippen molar-refractivity contribution in [1.29, 1.82) is 0 Å². The highest BCUT2D eigenvalue weighted by Crippen LogP contribution is 2.12. The third kappa shape index (κ3) is 5.63. The zero-order chi connectivity index (χ0) is 12.7. The molecule has 17 heavy (non-hydrogen) atoms. The van der Waals surface area contributed by atoms with E-state index in [1.807, 2.05) is 24.3 Å². The smallest absolute Gasteiger partial charge is 0.313 e. The SMILES string of the molecule is CCOC(=O)CC(=O)CCc1ccc(Br)cc1. The topological polar surface area (TPSA) is 43.4 Å². The normalized spacial score (nSPS) is 10.0. The van der Waals surface area contributed by atoms with Gasteiger partial charge in [-0.2, -0.15) is 0 Å². The van der Waals surface area contributed by atoms with Gasteiger partial charge >= 0.3 is 5.97 Å². The molecule has 0 aliphatic heterocycles. The van der Waals surface area contributed by atoms with Gasteiger partial charge in [-0.15, -0.1) is 0 Å². The van der Waals surface area contributed by atoms with E-state index < -0.39 is 5.97 Å². The first kappa shape index (κ1) is 13.9. The number of hydrogen-bond acceptors (Lipinski definition) is 3. The number of ketones is 1. The fourth-order valence-electron chi connectivity index (χ4n) is 1.40. The van der Waals surface area contributed by atoms with Gasteiger partial charge in [-0.25, -0.2) is 0 Å². The van der Waals surface area contributed by atoms with Crippen LogP contribution in [-0.2, 0) is 20.7 Å². The van der Waals surface area contributed by atoms with Gasteiger partial charge < -0.3 is 4.74 Å². The van der Waals surface area contributed by atoms with Crippen LogP contribution in [0.4, 0.5) is 0 Å². The Hall–Kier alpha value is -1.16. The Morgan fingerprint density at radius 2 is 1.88 bits per heavy atom. The van der Waals surface area contributed by atoms with Crippen molar-refractivity contribution in [3.63, 3.8) is 0 Å². The molecule has 1 aromatic carbocycles. The van der Waals surface area contributed by atoms with E-state index in [9.17, 15) is 9.59 Å². The van der Waals surface area contributed by atoms with E-state index in [4.69, 9.17) is 4.74 Å². The summed E-state index contributed by atoms with van der Waals surface area (Å²) in [5.41, 5.74) is 1.09. The van der Waals surface area contributed by atoms with E-state index in [0.717, 1.165) is 10.0 Å². The molecule has 0 saturated heterocycles. The van der Waals surface area contributed by atoms with Crippen molar-refractivity contribution >= 4 is 27.7 Å². The van der Waals surface area contributed by atoms with Crippen LogP contribution in [-0.4, -0.2) is 18.4 Å². The monoisotopic (exact) mass is 298 g/mol. The van der Waals surface area contributed by atoms with Crippen LogP contribution in [0.15, 0.2) is 28.7 Å². The van der Waals surface area contributed by atoms with Crippen molar-refractivity contribution in [2.75, 3.05) is 6.61 Å². The lowest BCUT2D eigenvalue weighted by Crippen LogP contribution is -2.11. The molecule has 4 heteroatoms. The molecule has 0 spiro atoms. The van der Waals surface area contributed by atoms with Crippen molar-refractivity contribution in [3.8, 4) is 0 Å². The molecule has 0 aliphatic carbocycles. The van der Waals surface area contributed by atoms with Gasteiger partial charge in [0.15, 0.2) is 0 Å². The summed E-state index contributed by atoms with van der Waals surface area (Å²) in [6.07, 6.45) is 0.913. The Kier molecular flexibility index (Phi) is 5.91. The average Bonchev–Trinajstić information content (AvgIpc) is 2.28. The van der Waals surface area contributed by atoms with Gasteiger partial charge in [0.2, 0.25) is 0 Å². The number of carbonyl (C=O) groups is 2. The number of rotatable bonds is 6. The second-order valence-corrected chi connectivity index (χ2v) is 4.56. The quantitative estimate of drug-likeness (QED) is 0.599. The molecule has 0 aromatic heterocycles. The summed E-state index contributed by atoms with van der Waals surface area (Å²) in [4.78, 5) is 22.5. The molecular weight excluding hydrogens is 284 g/mol. The summed E-state index contributed by atoms with van der Waals surface area (Å²) < 4.78 is 5.73. The first-order valence-electron chi connectivity index (χ1n) is 5.53. The fraction of sp³-hybridized carbons (Fsp3) is 0.385. The van der Waals surface area contributed by atoms with Crippen LogP contribution in [0.5, 0.6) is 0 Å². The molecule has 1 aromatic rings. The molecule has 0 saturated carbocycles. The standard InChI is InChI=1S/C13H15BrO3/c1-2-17-13(16)9-12(15)8-5-10-3-6-11(14)7-4-10/h3-4,6-7H,2,5,8-9H2,1H3. The maximum Gasteiger partial charge on any atom is 0.313 e. The zero-order valence-electron chi connectivity index (χ0n) is 9.74. The minimum absolute atomic E-state index is 0.0774. The van der Waals surface area contributed by atoms with Gasteiger partial charge in [-0.1, -0.05) is 28.1 Å². The molecule has 0 amide bonds. The van der Waals surface area contributed by atoms with E-state index in [-0.39, 0.29) is 12.2 Å². The third-order valence-corrected chi connectivity index (χ3v) is 2.78. The number of esters is 1. The number of carbonyl (C=O) groups excluding carboxylic acids is 2. The van der Waals surface area contributed by atoms with Gasteiger partial charge in [0.05, 0.1) is 6.61 Å². The van der Waals surface area contributed by atoms with Gasteiger partial charge in [0.1, 0.15) is 12.2 Å². The number of hydrogen-bond donors (Lipinski definition) is 0. The first-order chi connectivity index (χ1) is 8.11. The van der Waals surface area contributed by atoms with Crippen LogP contribution in [0.2, 0.25) is 0 Å². The summed E-state index contributed by atoms with van der Waals surface area (Å²) in [5, 5.41) is 0. The van der Waals surface area contributed by atoms with Crippen LogP contribution in [0.1, 0.15) is 25.3 Å². The molecule has 0 radical (unpaired) electrons. The van der Waals surface area contributed by atoms with Crippen LogP contribution < -0.4 is 0 Å². The summed E-state index contributed by atoms with van der Waals surface area (Å²) in [7, 11) is 0. The summed E-state index contributed by atoms with van der Waals surface area (Å²) >= 11 is 3.35. The Morgan fingerprint density at radius 1 is 1.24 bits per heavy atom. The molecule has 92 valence electrons. The number of Topliss-reactive ketones (excluding diaryl/α,β-unsaturated/α-hetero) is 1. The van der Waals surface area contributed by atoms with Gasteiger partial charge in [-0.3, -0.25) is 9.59 Å². The second kappa shape index (κ2) is 7.22. The van der Waals surface area contributed by atoms with Crippen molar-refractivity contribution in [2.45, 2.75) is 26.2 Å². The highest BCUT2D eigenvalue weighted by molar-refractivity contribution is 9.10. The summed E-state index contributed by atoms with van der Waals surface area (Å²) in [6.45, 7) is 2.04. The Morgan fingerprint density at radius 3 is 2.47 bits per heavy atom. The molecule has 0 fully saturated rings. The molecule has 0 atom stereocenters. The third-order valence-electron chi connectivity index (χ3n) is 2.25. The summed E-state index contributed by atoms with van der Waals surface area (Å²) in [6, 6.07) is 7.79. The maximum atomic E-state index is 11.5. The highest BCUT2D eigenvalue weighted by atomic mass is 79.9. The van der Waals surface area contributed by atoms with Gasteiger partial charge in [0.25, 0.3) is 0 Å². The lowest BCUT2D eigenvalue weighted by Gasteiger charge is -2.02. The molecule has 0 bridgehead atoms. The van der Waals surface area contributed by atoms with E-state index >= 15 is 0 Å². The molecular formula is C13H15BrO3. The number of aryl methyl sites for hydroxylation is 1. The van der Waals surface area contributed by atoms with Crippen LogP contribution >= 0.6 is 15.9 Å². The number of benzene rings is 1. The summed E-state index contributed by atoms with van der Waals surface area (Å²) in [5.74, 6) is -0.514. The molecule has 0 N–H and O–H groups in total. The molecule has 3 nitrogen and oxygen atoms in total. The number of ether oxygens (including phenoxy) is 1. The van der Waals surface area contributed by atoms with Crippen molar-refractivity contribution in [3.05, 3.63) is 34.3 Å². The fourth-order valence-corrected chi connectivity index (χ4v) is 1.66. The molecule has 1 rings (SSSR count). The van der Waals surface area contributed by atoms with E-state index in [2.05, 4.69) is 15.9 Å². The Balaban J connectivity index is 2.33. The van der Waals surface area contributed by atoms with Crippen LogP contribution in [0.25, 0.3) is 0 Å². The largest absolute Gasteiger partial charge is 0.466 e. The van der Waals surface area contributed by atoms with Gasteiger partial charge in [-0.05, 0) is 31.0 Å². The predicted octanol–water partition coefficient (Wildman–Crippen LogP) is 2.90. The van der Waals surface area contributed by atoms with Crippen molar-refractivity contribution < 1.29 is 14.3 Å². The zero-order valence-corrected chi connectivity index (χ0v) is 11.3. The molecule has 0 unspecified atom stereocenters. The van der Waals surface area contributed by atoms with Crippen LogP contribution in [0, 0.1) is 0 Å². The minimum atomic E-state index is -0.437. The lowest BCUT2D eigenvalue weighted by atomic mass is 10.1. The number of halogens is 1. The predicted molar refractivity (Wildman–Crippen MR) is 68.7 cm³/mol. The molecule has 0 aliphatic rings. The van der Waals surface area contributed by atoms with E-state index in [1.165, 1.54) is 0 Å². The lowest BCUT2D eigenvalue weighted by molar-refractivity contribution is -0.145. The van der Waals surface area contributed by atoms with E-state index in [1.54, 1.807) is 6.92 Å². The van der Waals surface area contributed by atoms with Crippen molar-refractivity contribution in [1.82, 2.24) is 0 Å². The van der Waals surface area contributed by atoms with Gasteiger partial charge in [0, 0.05) is 10.9 Å². The maximum absolute atomic E-state index is 11.5. The van der Waals surface area contributed by atoms with E-state index in [0.29, 0.717) is 19.4 Å². The first-order valence-corrected chi connectivity index (χ1v) is 6.33. The second-order valence-electron chi connectivity index (χ2n) is 3.65. The van der Waals surface area contributed by atoms with Crippen LogP contribution in [0.3, 0.4) is 0 Å². The average molecular weight is 299 g/mol. The Bertz CT molecular complexity index is 384. The Labute approximate surface area is 109 Å². The van der Waals surface area contributed by atoms with Crippen molar-refractivity contribution in [2.24, 2.45) is 0 Å².